The molecule has 1 aliphatic heterocycles. The van der Waals surface area contributed by atoms with Crippen LogP contribution in [-0.4, -0.2) is 31.0 Å². The average molecular weight is 209 g/mol. The molecular formula is C10H15N3S. The number of aryl methyl sites for hydroxylation is 1. The molecule has 14 heavy (non-hydrogen) atoms. The van der Waals surface area contributed by atoms with Crippen LogP contribution < -0.4 is 5.32 Å². The number of likely N-dealkylation sites (N-methyl/N-ethyl adjacent to an activating group) is 1. The van der Waals surface area contributed by atoms with Crippen molar-refractivity contribution in [1.82, 2.24) is 10.2 Å². The van der Waals surface area contributed by atoms with E-state index in [-0.39, 0.29) is 0 Å². The van der Waals surface area contributed by atoms with Crippen LogP contribution in [0, 0.1) is 6.92 Å². The standard InChI is InChI=1S/C10H15N3S/c1-8-3-4-9(14-8)7-12-10-11-5-6-13(10)2/h3-4H,5-7H2,1-2H3,(H,11,12). The van der Waals surface area contributed by atoms with Crippen LogP contribution in [-0.2, 0) is 6.54 Å². The summed E-state index contributed by atoms with van der Waals surface area (Å²) in [4.78, 5) is 9.26. The van der Waals surface area contributed by atoms with Crippen LogP contribution in [0.2, 0.25) is 0 Å². The second kappa shape index (κ2) is 4.00. The molecule has 1 aromatic heterocycles. The van der Waals surface area contributed by atoms with Gasteiger partial charge in [0, 0.05) is 23.3 Å². The molecule has 0 fully saturated rings. The zero-order chi connectivity index (χ0) is 9.97. The van der Waals surface area contributed by atoms with E-state index in [0.717, 1.165) is 25.6 Å². The van der Waals surface area contributed by atoms with Gasteiger partial charge in [-0.05, 0) is 19.1 Å². The summed E-state index contributed by atoms with van der Waals surface area (Å²) in [5.74, 6) is 1.02. The van der Waals surface area contributed by atoms with Crippen molar-refractivity contribution in [1.29, 1.82) is 0 Å². The molecule has 4 heteroatoms. The van der Waals surface area contributed by atoms with E-state index in [2.05, 4.69) is 41.3 Å². The Hall–Kier alpha value is -1.03. The molecule has 1 aliphatic rings. The lowest BCUT2D eigenvalue weighted by Gasteiger charge is -2.14. The second-order valence-corrected chi connectivity index (χ2v) is 4.87. The summed E-state index contributed by atoms with van der Waals surface area (Å²) in [5.41, 5.74) is 0. The zero-order valence-electron chi connectivity index (χ0n) is 8.58. The molecule has 0 saturated heterocycles. The Morgan fingerprint density at radius 1 is 1.57 bits per heavy atom. The van der Waals surface area contributed by atoms with Crippen LogP contribution in [0.5, 0.6) is 0 Å². The first-order valence-corrected chi connectivity index (χ1v) is 5.62. The summed E-state index contributed by atoms with van der Waals surface area (Å²) in [5, 5.41) is 3.35. The normalized spacial score (nSPS) is 15.9. The molecule has 76 valence electrons. The molecule has 3 nitrogen and oxygen atoms in total. The topological polar surface area (TPSA) is 27.6 Å². The summed E-state index contributed by atoms with van der Waals surface area (Å²) < 4.78 is 0. The van der Waals surface area contributed by atoms with E-state index in [1.807, 2.05) is 11.3 Å². The quantitative estimate of drug-likeness (QED) is 0.798. The van der Waals surface area contributed by atoms with Gasteiger partial charge in [-0.25, -0.2) is 0 Å². The Kier molecular flexibility index (Phi) is 2.72. The molecule has 0 spiro atoms. The number of nitrogens with zero attached hydrogens (tertiary/aromatic N) is 2. The molecule has 0 aromatic carbocycles. The van der Waals surface area contributed by atoms with Crippen molar-refractivity contribution in [2.75, 3.05) is 20.1 Å². The third-order valence-electron chi connectivity index (χ3n) is 2.28. The molecule has 1 N–H and O–H groups in total. The van der Waals surface area contributed by atoms with Gasteiger partial charge in [0.15, 0.2) is 5.96 Å². The van der Waals surface area contributed by atoms with Crippen molar-refractivity contribution in [2.24, 2.45) is 4.99 Å². The first kappa shape index (κ1) is 9.52. The van der Waals surface area contributed by atoms with Gasteiger partial charge in [-0.15, -0.1) is 11.3 Å². The van der Waals surface area contributed by atoms with Crippen LogP contribution in [0.1, 0.15) is 9.75 Å². The molecule has 0 saturated carbocycles. The van der Waals surface area contributed by atoms with Gasteiger partial charge in [-0.1, -0.05) is 0 Å². The van der Waals surface area contributed by atoms with Crippen molar-refractivity contribution < 1.29 is 0 Å². The van der Waals surface area contributed by atoms with Crippen molar-refractivity contribution in [3.63, 3.8) is 0 Å². The van der Waals surface area contributed by atoms with Crippen LogP contribution in [0.3, 0.4) is 0 Å². The van der Waals surface area contributed by atoms with E-state index in [1.165, 1.54) is 9.75 Å². The van der Waals surface area contributed by atoms with E-state index in [1.54, 1.807) is 0 Å². The van der Waals surface area contributed by atoms with E-state index < -0.39 is 0 Å². The van der Waals surface area contributed by atoms with Gasteiger partial charge in [0.05, 0.1) is 13.1 Å². The van der Waals surface area contributed by atoms with Crippen LogP contribution in [0.15, 0.2) is 17.1 Å². The average Bonchev–Trinajstić information content (AvgIpc) is 2.72. The molecule has 2 rings (SSSR count). The third kappa shape index (κ3) is 2.07. The number of aliphatic imine (C=N–C) groups is 1. The van der Waals surface area contributed by atoms with Crippen molar-refractivity contribution >= 4 is 17.3 Å². The van der Waals surface area contributed by atoms with Gasteiger partial charge in [0.2, 0.25) is 0 Å². The van der Waals surface area contributed by atoms with Crippen LogP contribution in [0.4, 0.5) is 0 Å². The Balaban J connectivity index is 1.88. The van der Waals surface area contributed by atoms with Crippen molar-refractivity contribution in [3.8, 4) is 0 Å². The lowest BCUT2D eigenvalue weighted by atomic mass is 10.4. The highest BCUT2D eigenvalue weighted by Gasteiger charge is 2.11. The Morgan fingerprint density at radius 2 is 2.43 bits per heavy atom. The molecule has 0 atom stereocenters. The third-order valence-corrected chi connectivity index (χ3v) is 3.28. The predicted octanol–water partition coefficient (Wildman–Crippen LogP) is 1.45. The van der Waals surface area contributed by atoms with Gasteiger partial charge >= 0.3 is 0 Å². The Bertz CT molecular complexity index is 343. The van der Waals surface area contributed by atoms with Gasteiger partial charge < -0.3 is 10.2 Å². The Morgan fingerprint density at radius 3 is 3.00 bits per heavy atom. The fourth-order valence-corrected chi connectivity index (χ4v) is 2.30. The number of hydrogen-bond acceptors (Lipinski definition) is 4. The second-order valence-electron chi connectivity index (χ2n) is 3.49. The minimum Gasteiger partial charge on any atom is -0.351 e. The molecule has 1 aromatic rings. The summed E-state index contributed by atoms with van der Waals surface area (Å²) in [6.45, 7) is 4.98. The summed E-state index contributed by atoms with van der Waals surface area (Å²) in [6, 6.07) is 4.32. The van der Waals surface area contributed by atoms with Crippen molar-refractivity contribution in [2.45, 2.75) is 13.5 Å². The SMILES string of the molecule is Cc1ccc(CNC2=NCCN2C)s1. The molecular weight excluding hydrogens is 194 g/mol. The van der Waals surface area contributed by atoms with Crippen LogP contribution in [0.25, 0.3) is 0 Å². The number of guanidine groups is 1. The highest BCUT2D eigenvalue weighted by atomic mass is 32.1. The summed E-state index contributed by atoms with van der Waals surface area (Å²) in [7, 11) is 2.07. The molecule has 0 bridgehead atoms. The minimum absolute atomic E-state index is 0.891. The maximum Gasteiger partial charge on any atom is 0.194 e. The fourth-order valence-electron chi connectivity index (χ4n) is 1.47. The van der Waals surface area contributed by atoms with E-state index in [0.29, 0.717) is 0 Å². The smallest absolute Gasteiger partial charge is 0.194 e. The van der Waals surface area contributed by atoms with E-state index >= 15 is 0 Å². The summed E-state index contributed by atoms with van der Waals surface area (Å²) in [6.07, 6.45) is 0. The van der Waals surface area contributed by atoms with Gasteiger partial charge in [-0.3, -0.25) is 4.99 Å². The maximum absolute atomic E-state index is 4.37. The molecule has 0 radical (unpaired) electrons. The summed E-state index contributed by atoms with van der Waals surface area (Å²) >= 11 is 1.84. The fraction of sp³-hybridized carbons (Fsp3) is 0.500. The van der Waals surface area contributed by atoms with E-state index in [9.17, 15) is 0 Å². The van der Waals surface area contributed by atoms with E-state index in [4.69, 9.17) is 0 Å². The maximum atomic E-state index is 4.37. The number of hydrogen-bond donors (Lipinski definition) is 1. The van der Waals surface area contributed by atoms with Gasteiger partial charge in [0.1, 0.15) is 0 Å². The lowest BCUT2D eigenvalue weighted by molar-refractivity contribution is 0.534. The first-order valence-electron chi connectivity index (χ1n) is 4.80. The number of thiophene rings is 1. The zero-order valence-corrected chi connectivity index (χ0v) is 9.40. The van der Waals surface area contributed by atoms with Crippen LogP contribution >= 0.6 is 11.3 Å². The number of rotatable bonds is 2. The molecule has 0 unspecified atom stereocenters. The lowest BCUT2D eigenvalue weighted by Crippen LogP contribution is -2.34. The highest BCUT2D eigenvalue weighted by molar-refractivity contribution is 7.11. The van der Waals surface area contributed by atoms with Crippen molar-refractivity contribution in [3.05, 3.63) is 21.9 Å². The minimum atomic E-state index is 0.891. The van der Waals surface area contributed by atoms with Gasteiger partial charge in [0.25, 0.3) is 0 Å². The highest BCUT2D eigenvalue weighted by Crippen LogP contribution is 2.14. The molecule has 0 aliphatic carbocycles. The van der Waals surface area contributed by atoms with Gasteiger partial charge in [-0.2, -0.15) is 0 Å². The Labute approximate surface area is 88.5 Å². The largest absolute Gasteiger partial charge is 0.351 e. The molecule has 0 amide bonds. The molecule has 2 heterocycles. The predicted molar refractivity (Wildman–Crippen MR) is 60.8 cm³/mol. The number of nitrogens with one attached hydrogen (secondary N) is 1. The monoisotopic (exact) mass is 209 g/mol. The first-order chi connectivity index (χ1) is 6.75.